The van der Waals surface area contributed by atoms with Crippen LogP contribution in [0.4, 0.5) is 0 Å². The van der Waals surface area contributed by atoms with Gasteiger partial charge in [0.25, 0.3) is 5.91 Å². The maximum Gasteiger partial charge on any atom is 0.251 e. The minimum Gasteiger partial charge on any atom is -0.349 e. The van der Waals surface area contributed by atoms with E-state index >= 15 is 0 Å². The molecule has 0 bridgehead atoms. The number of hydrogen-bond acceptors (Lipinski definition) is 4. The molecule has 0 atom stereocenters. The molecule has 1 aliphatic rings. The molecule has 152 valence electrons. The van der Waals surface area contributed by atoms with E-state index in [1.54, 1.807) is 19.1 Å². The van der Waals surface area contributed by atoms with Crippen LogP contribution in [0.5, 0.6) is 0 Å². The number of benzene rings is 2. The van der Waals surface area contributed by atoms with E-state index in [4.69, 9.17) is 0 Å². The lowest BCUT2D eigenvalue weighted by Crippen LogP contribution is -2.42. The standard InChI is InChI=1S/C20H25N3O3S.ClH/c1-15-7-8-17(20(24)23-18-9-11-21-12-10-18)13-19(15)27(25,26)22-14-16-5-3-2-4-6-16;/h2-8,13,18,21-22H,9-12,14H2,1H3,(H,23,24);1H. The highest BCUT2D eigenvalue weighted by Crippen LogP contribution is 2.18. The molecule has 3 N–H and O–H groups in total. The number of aryl methyl sites for hydroxylation is 1. The Labute approximate surface area is 172 Å². The summed E-state index contributed by atoms with van der Waals surface area (Å²) >= 11 is 0. The van der Waals surface area contributed by atoms with Gasteiger partial charge >= 0.3 is 0 Å². The fourth-order valence-electron chi connectivity index (χ4n) is 3.12. The van der Waals surface area contributed by atoms with Crippen molar-refractivity contribution in [2.45, 2.75) is 37.2 Å². The summed E-state index contributed by atoms with van der Waals surface area (Å²) in [5.41, 5.74) is 1.84. The van der Waals surface area contributed by atoms with Gasteiger partial charge in [-0.1, -0.05) is 36.4 Å². The van der Waals surface area contributed by atoms with E-state index in [0.717, 1.165) is 31.5 Å². The van der Waals surface area contributed by atoms with Crippen LogP contribution in [0.3, 0.4) is 0 Å². The average molecular weight is 424 g/mol. The molecule has 0 radical (unpaired) electrons. The van der Waals surface area contributed by atoms with Crippen molar-refractivity contribution in [1.29, 1.82) is 0 Å². The van der Waals surface area contributed by atoms with E-state index in [0.29, 0.717) is 11.1 Å². The summed E-state index contributed by atoms with van der Waals surface area (Å²) in [6, 6.07) is 14.2. The van der Waals surface area contributed by atoms with Gasteiger partial charge in [-0.2, -0.15) is 0 Å². The zero-order valence-electron chi connectivity index (χ0n) is 15.8. The van der Waals surface area contributed by atoms with Crippen molar-refractivity contribution in [3.8, 4) is 0 Å². The number of nitrogens with one attached hydrogen (secondary N) is 3. The van der Waals surface area contributed by atoms with Gasteiger partial charge in [-0.3, -0.25) is 4.79 Å². The number of sulfonamides is 1. The molecule has 0 unspecified atom stereocenters. The van der Waals surface area contributed by atoms with Gasteiger partial charge in [-0.15, -0.1) is 12.4 Å². The van der Waals surface area contributed by atoms with Gasteiger partial charge in [0.05, 0.1) is 4.90 Å². The number of amides is 1. The van der Waals surface area contributed by atoms with Gasteiger partial charge in [-0.25, -0.2) is 13.1 Å². The Morgan fingerprint density at radius 3 is 2.46 bits per heavy atom. The molecule has 1 aliphatic heterocycles. The van der Waals surface area contributed by atoms with Gasteiger partial charge in [0.2, 0.25) is 10.0 Å². The molecule has 2 aromatic rings. The molecule has 2 aromatic carbocycles. The molecule has 6 nitrogen and oxygen atoms in total. The summed E-state index contributed by atoms with van der Waals surface area (Å²) in [6.45, 7) is 3.68. The third-order valence-electron chi connectivity index (χ3n) is 4.72. The lowest BCUT2D eigenvalue weighted by atomic mass is 10.1. The van der Waals surface area contributed by atoms with Crippen LogP contribution in [-0.2, 0) is 16.6 Å². The molecule has 0 aromatic heterocycles. The highest BCUT2D eigenvalue weighted by Gasteiger charge is 2.21. The Hall–Kier alpha value is -1.93. The van der Waals surface area contributed by atoms with Crippen molar-refractivity contribution in [1.82, 2.24) is 15.4 Å². The van der Waals surface area contributed by atoms with Crippen LogP contribution in [0.25, 0.3) is 0 Å². The summed E-state index contributed by atoms with van der Waals surface area (Å²) < 4.78 is 28.1. The minimum atomic E-state index is -3.72. The summed E-state index contributed by atoms with van der Waals surface area (Å²) in [5, 5.41) is 6.25. The highest BCUT2D eigenvalue weighted by molar-refractivity contribution is 7.89. The molecule has 1 amide bonds. The second-order valence-corrected chi connectivity index (χ2v) is 8.52. The van der Waals surface area contributed by atoms with Crippen LogP contribution in [0.2, 0.25) is 0 Å². The quantitative estimate of drug-likeness (QED) is 0.665. The topological polar surface area (TPSA) is 87.3 Å². The molecule has 0 saturated carbocycles. The maximum atomic E-state index is 12.7. The highest BCUT2D eigenvalue weighted by atomic mass is 35.5. The first-order valence-corrected chi connectivity index (χ1v) is 10.6. The second-order valence-electron chi connectivity index (χ2n) is 6.79. The van der Waals surface area contributed by atoms with Crippen molar-refractivity contribution < 1.29 is 13.2 Å². The molecular formula is C20H26ClN3O3S. The Morgan fingerprint density at radius 1 is 1.11 bits per heavy atom. The lowest BCUT2D eigenvalue weighted by molar-refractivity contribution is 0.0929. The predicted octanol–water partition coefficient (Wildman–Crippen LogP) is 2.38. The zero-order valence-corrected chi connectivity index (χ0v) is 17.4. The number of piperidine rings is 1. The van der Waals surface area contributed by atoms with Crippen LogP contribution in [0.15, 0.2) is 53.4 Å². The molecule has 28 heavy (non-hydrogen) atoms. The van der Waals surface area contributed by atoms with Crippen molar-refractivity contribution >= 4 is 28.3 Å². The van der Waals surface area contributed by atoms with Crippen molar-refractivity contribution in [3.05, 3.63) is 65.2 Å². The monoisotopic (exact) mass is 423 g/mol. The van der Waals surface area contributed by atoms with Gasteiger partial charge < -0.3 is 10.6 Å². The molecule has 0 spiro atoms. The Bertz CT molecular complexity index is 898. The zero-order chi connectivity index (χ0) is 19.3. The summed E-state index contributed by atoms with van der Waals surface area (Å²) in [6.07, 6.45) is 1.75. The fraction of sp³-hybridized carbons (Fsp3) is 0.350. The van der Waals surface area contributed by atoms with Crippen LogP contribution in [0.1, 0.15) is 34.3 Å². The molecule has 0 aliphatic carbocycles. The predicted molar refractivity (Wildman–Crippen MR) is 112 cm³/mol. The van der Waals surface area contributed by atoms with E-state index in [9.17, 15) is 13.2 Å². The fourth-order valence-corrected chi connectivity index (χ4v) is 4.40. The first-order valence-electron chi connectivity index (χ1n) is 9.11. The smallest absolute Gasteiger partial charge is 0.251 e. The first kappa shape index (κ1) is 22.4. The summed E-state index contributed by atoms with van der Waals surface area (Å²) in [7, 11) is -3.72. The van der Waals surface area contributed by atoms with E-state index in [2.05, 4.69) is 15.4 Å². The van der Waals surface area contributed by atoms with Crippen molar-refractivity contribution in [3.63, 3.8) is 0 Å². The van der Waals surface area contributed by atoms with Crippen LogP contribution < -0.4 is 15.4 Å². The summed E-state index contributed by atoms with van der Waals surface area (Å²) in [5.74, 6) is -0.235. The molecule has 1 fully saturated rings. The van der Waals surface area contributed by atoms with Crippen LogP contribution >= 0.6 is 12.4 Å². The third kappa shape index (κ3) is 5.78. The van der Waals surface area contributed by atoms with E-state index in [1.807, 2.05) is 30.3 Å². The average Bonchev–Trinajstić information content (AvgIpc) is 2.68. The van der Waals surface area contributed by atoms with E-state index < -0.39 is 10.0 Å². The lowest BCUT2D eigenvalue weighted by Gasteiger charge is -2.23. The SMILES string of the molecule is Cc1ccc(C(=O)NC2CCNCC2)cc1S(=O)(=O)NCc1ccccc1.Cl. The number of hydrogen-bond donors (Lipinski definition) is 3. The summed E-state index contributed by atoms with van der Waals surface area (Å²) in [4.78, 5) is 12.7. The molecule has 1 saturated heterocycles. The van der Waals surface area contributed by atoms with Gasteiger partial charge in [-0.05, 0) is 56.1 Å². The van der Waals surface area contributed by atoms with Gasteiger partial charge in [0.15, 0.2) is 0 Å². The normalized spacial score (nSPS) is 14.9. The Balaban J connectivity index is 0.00000280. The molecular weight excluding hydrogens is 398 g/mol. The van der Waals surface area contributed by atoms with Gasteiger partial charge in [0.1, 0.15) is 0 Å². The maximum absolute atomic E-state index is 12.7. The van der Waals surface area contributed by atoms with E-state index in [-0.39, 0.29) is 35.8 Å². The first-order chi connectivity index (χ1) is 13.0. The third-order valence-corrected chi connectivity index (χ3v) is 6.27. The van der Waals surface area contributed by atoms with Gasteiger partial charge in [0, 0.05) is 18.2 Å². The Kier molecular flexibility index (Phi) is 8.00. The van der Waals surface area contributed by atoms with Crippen LogP contribution in [0, 0.1) is 6.92 Å². The second kappa shape index (κ2) is 10.0. The molecule has 8 heteroatoms. The van der Waals surface area contributed by atoms with Crippen LogP contribution in [-0.4, -0.2) is 33.5 Å². The largest absolute Gasteiger partial charge is 0.349 e. The Morgan fingerprint density at radius 2 is 1.79 bits per heavy atom. The molecule has 1 heterocycles. The van der Waals surface area contributed by atoms with Crippen molar-refractivity contribution in [2.75, 3.05) is 13.1 Å². The number of carbonyl (C=O) groups is 1. The minimum absolute atomic E-state index is 0. The number of rotatable bonds is 6. The number of carbonyl (C=O) groups excluding carboxylic acids is 1. The van der Waals surface area contributed by atoms with E-state index in [1.165, 1.54) is 6.07 Å². The van der Waals surface area contributed by atoms with Crippen molar-refractivity contribution in [2.24, 2.45) is 0 Å². The molecule has 3 rings (SSSR count). The number of halogens is 1.